The average Bonchev–Trinajstić information content (AvgIpc) is 2.46. The van der Waals surface area contributed by atoms with E-state index >= 15 is 0 Å². The first-order chi connectivity index (χ1) is 9.33. The van der Waals surface area contributed by atoms with E-state index < -0.39 is 0 Å². The minimum Gasteiger partial charge on any atom is -0.255 e. The molecule has 0 fully saturated rings. The van der Waals surface area contributed by atoms with Crippen molar-refractivity contribution >= 4 is 32.4 Å². The molecule has 4 aromatic rings. The Balaban J connectivity index is 2.26. The fourth-order valence-electron chi connectivity index (χ4n) is 2.63. The largest absolute Gasteiger partial charge is 0.255 e. The van der Waals surface area contributed by atoms with E-state index in [-0.39, 0.29) is 5.82 Å². The highest BCUT2D eigenvalue weighted by Crippen LogP contribution is 2.29. The Hall–Kier alpha value is -2.48. The molecule has 1 aromatic heterocycles. The van der Waals surface area contributed by atoms with Crippen molar-refractivity contribution in [1.29, 1.82) is 0 Å². The minimum atomic E-state index is -0.227. The van der Waals surface area contributed by atoms with Gasteiger partial charge in [0.2, 0.25) is 0 Å². The van der Waals surface area contributed by atoms with Gasteiger partial charge in [0.15, 0.2) is 0 Å². The second-order valence-corrected chi connectivity index (χ2v) is 4.67. The van der Waals surface area contributed by atoms with E-state index in [9.17, 15) is 4.39 Å². The van der Waals surface area contributed by atoms with Crippen molar-refractivity contribution in [1.82, 2.24) is 4.98 Å². The van der Waals surface area contributed by atoms with Gasteiger partial charge in [0.05, 0.1) is 5.52 Å². The molecule has 0 radical (unpaired) electrons. The minimum absolute atomic E-state index is 0.227. The van der Waals surface area contributed by atoms with Gasteiger partial charge in [0.1, 0.15) is 5.82 Å². The maximum absolute atomic E-state index is 13.3. The van der Waals surface area contributed by atoms with Crippen molar-refractivity contribution in [3.05, 3.63) is 66.6 Å². The average molecular weight is 247 g/mol. The lowest BCUT2D eigenvalue weighted by molar-refractivity contribution is 0.630. The summed E-state index contributed by atoms with van der Waals surface area (Å²) in [5, 5.41) is 5.24. The zero-order chi connectivity index (χ0) is 12.8. The van der Waals surface area contributed by atoms with Gasteiger partial charge in [-0.1, -0.05) is 42.5 Å². The van der Waals surface area contributed by atoms with Gasteiger partial charge in [-0.2, -0.15) is 0 Å². The molecule has 3 aromatic carbocycles. The summed E-state index contributed by atoms with van der Waals surface area (Å²) >= 11 is 0. The summed E-state index contributed by atoms with van der Waals surface area (Å²) in [6.07, 6.45) is 1.74. The lowest BCUT2D eigenvalue weighted by atomic mass is 10.0. The smallest absolute Gasteiger partial charge is 0.123 e. The fraction of sp³-hybridized carbons (Fsp3) is 0. The highest BCUT2D eigenvalue weighted by atomic mass is 19.1. The van der Waals surface area contributed by atoms with Gasteiger partial charge in [-0.05, 0) is 22.9 Å². The van der Waals surface area contributed by atoms with Crippen LogP contribution in [-0.2, 0) is 0 Å². The van der Waals surface area contributed by atoms with Crippen molar-refractivity contribution < 1.29 is 4.39 Å². The van der Waals surface area contributed by atoms with E-state index in [0.29, 0.717) is 0 Å². The summed E-state index contributed by atoms with van der Waals surface area (Å²) in [4.78, 5) is 4.51. The molecule has 0 amide bonds. The summed E-state index contributed by atoms with van der Waals surface area (Å²) in [7, 11) is 0. The first-order valence-electron chi connectivity index (χ1n) is 6.19. The van der Waals surface area contributed by atoms with Gasteiger partial charge in [0, 0.05) is 22.4 Å². The molecule has 0 aliphatic rings. The van der Waals surface area contributed by atoms with Crippen LogP contribution in [0.2, 0.25) is 0 Å². The van der Waals surface area contributed by atoms with Crippen molar-refractivity contribution in [3.63, 3.8) is 0 Å². The highest BCUT2D eigenvalue weighted by Gasteiger charge is 2.05. The Morgan fingerprint density at radius 3 is 2.53 bits per heavy atom. The predicted octanol–water partition coefficient (Wildman–Crippen LogP) is 4.68. The quantitative estimate of drug-likeness (QED) is 0.411. The normalized spacial score (nSPS) is 11.4. The molecule has 1 heterocycles. The van der Waals surface area contributed by atoms with Crippen LogP contribution in [0.3, 0.4) is 0 Å². The predicted molar refractivity (Wildman–Crippen MR) is 76.7 cm³/mol. The van der Waals surface area contributed by atoms with Gasteiger partial charge < -0.3 is 0 Å². The topological polar surface area (TPSA) is 12.9 Å². The van der Waals surface area contributed by atoms with Gasteiger partial charge in [-0.3, -0.25) is 4.98 Å². The zero-order valence-electron chi connectivity index (χ0n) is 10.1. The molecule has 0 aliphatic heterocycles. The van der Waals surface area contributed by atoms with E-state index in [2.05, 4.69) is 29.2 Å². The van der Waals surface area contributed by atoms with E-state index in [4.69, 9.17) is 0 Å². The van der Waals surface area contributed by atoms with Crippen LogP contribution in [0.25, 0.3) is 32.4 Å². The lowest BCUT2D eigenvalue weighted by Gasteiger charge is -2.06. The first kappa shape index (κ1) is 10.4. The third kappa shape index (κ3) is 1.50. The molecular weight excluding hydrogens is 237 g/mol. The van der Waals surface area contributed by atoms with Gasteiger partial charge in [-0.15, -0.1) is 0 Å². The van der Waals surface area contributed by atoms with Crippen LogP contribution in [0, 0.1) is 5.82 Å². The number of aromatic nitrogens is 1. The van der Waals surface area contributed by atoms with Crippen LogP contribution in [0.5, 0.6) is 0 Å². The second-order valence-electron chi connectivity index (χ2n) is 4.67. The maximum atomic E-state index is 13.3. The number of benzene rings is 3. The van der Waals surface area contributed by atoms with Gasteiger partial charge in [0.25, 0.3) is 0 Å². The Morgan fingerprint density at radius 2 is 1.58 bits per heavy atom. The van der Waals surface area contributed by atoms with Crippen LogP contribution in [0.1, 0.15) is 0 Å². The molecule has 0 unspecified atom stereocenters. The monoisotopic (exact) mass is 247 g/mol. The van der Waals surface area contributed by atoms with Crippen LogP contribution in [0.4, 0.5) is 4.39 Å². The summed E-state index contributed by atoms with van der Waals surface area (Å²) < 4.78 is 13.3. The van der Waals surface area contributed by atoms with Crippen molar-refractivity contribution in [2.75, 3.05) is 0 Å². The zero-order valence-corrected chi connectivity index (χ0v) is 10.1. The molecule has 2 heteroatoms. The van der Waals surface area contributed by atoms with E-state index in [0.717, 1.165) is 27.1 Å². The number of halogens is 1. The molecule has 0 spiro atoms. The molecule has 0 saturated heterocycles. The molecule has 0 aliphatic carbocycles. The maximum Gasteiger partial charge on any atom is 0.123 e. The first-order valence-corrected chi connectivity index (χ1v) is 6.19. The summed E-state index contributed by atoms with van der Waals surface area (Å²) in [5.74, 6) is -0.227. The summed E-state index contributed by atoms with van der Waals surface area (Å²) in [6.45, 7) is 0. The number of nitrogens with zero attached hydrogens (tertiary/aromatic N) is 1. The molecule has 1 nitrogen and oxygen atoms in total. The molecule has 0 atom stereocenters. The number of rotatable bonds is 0. The van der Waals surface area contributed by atoms with Crippen LogP contribution in [0.15, 0.2) is 60.8 Å². The highest BCUT2D eigenvalue weighted by molar-refractivity contribution is 6.14. The second kappa shape index (κ2) is 3.75. The fourth-order valence-corrected chi connectivity index (χ4v) is 2.63. The Labute approximate surface area is 109 Å². The molecular formula is C17H10FN. The molecule has 0 bridgehead atoms. The number of hydrogen-bond acceptors (Lipinski definition) is 1. The molecule has 4 rings (SSSR count). The number of hydrogen-bond donors (Lipinski definition) is 0. The molecule has 0 N–H and O–H groups in total. The third-order valence-corrected chi connectivity index (χ3v) is 3.54. The van der Waals surface area contributed by atoms with E-state index in [1.165, 1.54) is 17.5 Å². The van der Waals surface area contributed by atoms with Crippen LogP contribution in [-0.4, -0.2) is 4.98 Å². The Morgan fingerprint density at radius 1 is 0.737 bits per heavy atom. The SMILES string of the molecule is Fc1ccc2c(cnc3c4ccccc4ccc23)c1. The van der Waals surface area contributed by atoms with Gasteiger partial charge in [-0.25, -0.2) is 4.39 Å². The molecule has 19 heavy (non-hydrogen) atoms. The number of pyridine rings is 1. The Kier molecular flexibility index (Phi) is 2.06. The van der Waals surface area contributed by atoms with Crippen LogP contribution >= 0.6 is 0 Å². The van der Waals surface area contributed by atoms with Crippen molar-refractivity contribution in [3.8, 4) is 0 Å². The van der Waals surface area contributed by atoms with E-state index in [1.807, 2.05) is 18.2 Å². The summed E-state index contributed by atoms with van der Waals surface area (Å²) in [6, 6.07) is 17.2. The molecule has 0 saturated carbocycles. The van der Waals surface area contributed by atoms with E-state index in [1.54, 1.807) is 6.20 Å². The van der Waals surface area contributed by atoms with Crippen LogP contribution < -0.4 is 0 Å². The third-order valence-electron chi connectivity index (χ3n) is 3.54. The Bertz CT molecular complexity index is 928. The van der Waals surface area contributed by atoms with Crippen molar-refractivity contribution in [2.24, 2.45) is 0 Å². The standard InChI is InChI=1S/C17H10FN/c18-13-6-8-14-12(9-13)10-19-17-15-4-2-1-3-11(15)5-7-16(14)17/h1-10H. The molecule has 90 valence electrons. The number of fused-ring (bicyclic) bond motifs is 5. The van der Waals surface area contributed by atoms with Crippen molar-refractivity contribution in [2.45, 2.75) is 0 Å². The summed E-state index contributed by atoms with van der Waals surface area (Å²) in [5.41, 5.74) is 0.970. The lowest BCUT2D eigenvalue weighted by Crippen LogP contribution is -1.85. The van der Waals surface area contributed by atoms with Gasteiger partial charge >= 0.3 is 0 Å².